The second-order valence-electron chi connectivity index (χ2n) is 7.30. The average molecular weight is 465 g/mol. The van der Waals surface area contributed by atoms with E-state index in [0.717, 1.165) is 16.9 Å². The van der Waals surface area contributed by atoms with Gasteiger partial charge in [0.1, 0.15) is 0 Å². The number of anilines is 1. The molecule has 3 rings (SSSR count). The maximum absolute atomic E-state index is 12.8. The van der Waals surface area contributed by atoms with E-state index in [4.69, 9.17) is 9.47 Å². The fourth-order valence-corrected chi connectivity index (χ4v) is 4.13. The summed E-state index contributed by atoms with van der Waals surface area (Å²) in [5, 5.41) is 5.44. The van der Waals surface area contributed by atoms with Gasteiger partial charge in [-0.3, -0.25) is 9.59 Å². The molecule has 6 nitrogen and oxygen atoms in total. The van der Waals surface area contributed by atoms with Crippen LogP contribution in [-0.4, -0.2) is 37.8 Å². The van der Waals surface area contributed by atoms with Crippen LogP contribution in [0.5, 0.6) is 11.5 Å². The van der Waals surface area contributed by atoms with Gasteiger partial charge in [0.2, 0.25) is 5.91 Å². The SMILES string of the molecule is COc1ccc(SC(C)C(=O)Nc2ccccc2C(=O)NCCc2ccccc2)cc1OC. The number of hydrogen-bond acceptors (Lipinski definition) is 5. The minimum absolute atomic E-state index is 0.195. The molecule has 0 spiro atoms. The number of para-hydroxylation sites is 1. The van der Waals surface area contributed by atoms with Crippen molar-refractivity contribution in [2.75, 3.05) is 26.1 Å². The summed E-state index contributed by atoms with van der Waals surface area (Å²) in [6.45, 7) is 2.33. The summed E-state index contributed by atoms with van der Waals surface area (Å²) in [4.78, 5) is 26.5. The Balaban J connectivity index is 1.61. The van der Waals surface area contributed by atoms with Crippen molar-refractivity contribution >= 4 is 29.3 Å². The molecule has 172 valence electrons. The summed E-state index contributed by atoms with van der Waals surface area (Å²) in [5.74, 6) is 0.820. The smallest absolute Gasteiger partial charge is 0.253 e. The van der Waals surface area contributed by atoms with E-state index < -0.39 is 5.25 Å². The van der Waals surface area contributed by atoms with Crippen LogP contribution in [0, 0.1) is 0 Å². The molecule has 0 heterocycles. The maximum atomic E-state index is 12.8. The van der Waals surface area contributed by atoms with Crippen molar-refractivity contribution in [3.8, 4) is 11.5 Å². The van der Waals surface area contributed by atoms with Crippen LogP contribution >= 0.6 is 11.8 Å². The standard InChI is InChI=1S/C26H28N2O4S/c1-18(33-20-13-14-23(31-2)24(17-20)32-3)25(29)28-22-12-8-7-11-21(22)26(30)27-16-15-19-9-5-4-6-10-19/h4-14,17-18H,15-16H2,1-3H3,(H,27,30)(H,28,29). The predicted octanol–water partition coefficient (Wildman–Crippen LogP) is 4.80. The Bertz CT molecular complexity index is 1090. The number of rotatable bonds is 10. The number of amides is 2. The molecule has 3 aromatic rings. The molecule has 7 heteroatoms. The average Bonchev–Trinajstić information content (AvgIpc) is 2.84. The summed E-state index contributed by atoms with van der Waals surface area (Å²) in [6.07, 6.45) is 0.736. The first-order chi connectivity index (χ1) is 16.0. The highest BCUT2D eigenvalue weighted by molar-refractivity contribution is 8.00. The van der Waals surface area contributed by atoms with E-state index in [1.165, 1.54) is 11.8 Å². The summed E-state index contributed by atoms with van der Waals surface area (Å²) in [7, 11) is 3.15. The minimum atomic E-state index is -0.391. The number of thioether (sulfide) groups is 1. The van der Waals surface area contributed by atoms with Crippen LogP contribution in [-0.2, 0) is 11.2 Å². The van der Waals surface area contributed by atoms with Crippen molar-refractivity contribution in [1.29, 1.82) is 0 Å². The fourth-order valence-electron chi connectivity index (χ4n) is 3.23. The third-order valence-electron chi connectivity index (χ3n) is 5.01. The normalized spacial score (nSPS) is 11.4. The Morgan fingerprint density at radius 2 is 1.61 bits per heavy atom. The van der Waals surface area contributed by atoms with Gasteiger partial charge in [-0.05, 0) is 49.2 Å². The van der Waals surface area contributed by atoms with Crippen LogP contribution < -0.4 is 20.1 Å². The Labute approximate surface area is 198 Å². The lowest BCUT2D eigenvalue weighted by Gasteiger charge is -2.16. The second-order valence-corrected chi connectivity index (χ2v) is 8.72. The molecule has 0 radical (unpaired) electrons. The van der Waals surface area contributed by atoms with Crippen molar-refractivity contribution in [3.63, 3.8) is 0 Å². The zero-order chi connectivity index (χ0) is 23.6. The number of methoxy groups -OCH3 is 2. The van der Waals surface area contributed by atoms with Crippen molar-refractivity contribution < 1.29 is 19.1 Å². The third-order valence-corrected chi connectivity index (χ3v) is 6.10. The lowest BCUT2D eigenvalue weighted by Crippen LogP contribution is -2.28. The first-order valence-corrected chi connectivity index (χ1v) is 11.5. The van der Waals surface area contributed by atoms with Gasteiger partial charge >= 0.3 is 0 Å². The summed E-state index contributed by atoms with van der Waals surface area (Å²) in [5.41, 5.74) is 2.07. The molecular weight excluding hydrogens is 436 g/mol. The molecule has 0 aliphatic heterocycles. The molecule has 0 aromatic heterocycles. The van der Waals surface area contributed by atoms with Gasteiger partial charge in [-0.25, -0.2) is 0 Å². The van der Waals surface area contributed by atoms with E-state index in [9.17, 15) is 9.59 Å². The number of hydrogen-bond donors (Lipinski definition) is 2. The molecule has 2 N–H and O–H groups in total. The molecule has 2 amide bonds. The van der Waals surface area contributed by atoms with E-state index in [1.54, 1.807) is 44.6 Å². The monoisotopic (exact) mass is 464 g/mol. The second kappa shape index (κ2) is 12.0. The molecule has 0 fully saturated rings. The van der Waals surface area contributed by atoms with E-state index in [0.29, 0.717) is 29.3 Å². The highest BCUT2D eigenvalue weighted by Crippen LogP contribution is 2.33. The molecule has 3 aromatic carbocycles. The molecule has 0 bridgehead atoms. The molecule has 0 aliphatic carbocycles. The van der Waals surface area contributed by atoms with Gasteiger partial charge < -0.3 is 20.1 Å². The number of carbonyl (C=O) groups is 2. The van der Waals surface area contributed by atoms with E-state index >= 15 is 0 Å². The minimum Gasteiger partial charge on any atom is -0.493 e. The Kier molecular flexibility index (Phi) is 8.78. The van der Waals surface area contributed by atoms with Crippen molar-refractivity contribution in [1.82, 2.24) is 5.32 Å². The predicted molar refractivity (Wildman–Crippen MR) is 132 cm³/mol. The Hall–Kier alpha value is -3.45. The molecular formula is C26H28N2O4S. The number of carbonyl (C=O) groups excluding carboxylic acids is 2. The molecule has 0 saturated heterocycles. The summed E-state index contributed by atoms with van der Waals surface area (Å²) < 4.78 is 10.6. The zero-order valence-corrected chi connectivity index (χ0v) is 19.8. The summed E-state index contributed by atoms with van der Waals surface area (Å²) >= 11 is 1.40. The molecule has 1 atom stereocenters. The Morgan fingerprint density at radius 3 is 2.33 bits per heavy atom. The molecule has 0 aliphatic rings. The van der Waals surface area contributed by atoms with Gasteiger partial charge in [-0.2, -0.15) is 0 Å². The summed E-state index contributed by atoms with van der Waals surface area (Å²) in [6, 6.07) is 22.5. The zero-order valence-electron chi connectivity index (χ0n) is 19.0. The number of benzene rings is 3. The number of ether oxygens (including phenoxy) is 2. The van der Waals surface area contributed by atoms with Gasteiger partial charge in [-0.1, -0.05) is 42.5 Å². The number of nitrogens with one attached hydrogen (secondary N) is 2. The van der Waals surface area contributed by atoms with Crippen molar-refractivity contribution in [2.24, 2.45) is 0 Å². The van der Waals surface area contributed by atoms with E-state index in [-0.39, 0.29) is 11.8 Å². The van der Waals surface area contributed by atoms with Crippen molar-refractivity contribution in [2.45, 2.75) is 23.5 Å². The molecule has 33 heavy (non-hydrogen) atoms. The first kappa shape index (κ1) is 24.2. The van der Waals surface area contributed by atoms with E-state index in [2.05, 4.69) is 10.6 Å². The highest BCUT2D eigenvalue weighted by atomic mass is 32.2. The quantitative estimate of drug-likeness (QED) is 0.422. The molecule has 0 saturated carbocycles. The van der Waals surface area contributed by atoms with Crippen LogP contribution in [0.25, 0.3) is 0 Å². The van der Waals surface area contributed by atoms with Gasteiger partial charge in [0.25, 0.3) is 5.91 Å². The van der Waals surface area contributed by atoms with Crippen LogP contribution in [0.4, 0.5) is 5.69 Å². The Morgan fingerprint density at radius 1 is 0.909 bits per heavy atom. The van der Waals surface area contributed by atoms with Crippen LogP contribution in [0.3, 0.4) is 0 Å². The highest BCUT2D eigenvalue weighted by Gasteiger charge is 2.19. The topological polar surface area (TPSA) is 76.7 Å². The third kappa shape index (κ3) is 6.76. The lowest BCUT2D eigenvalue weighted by molar-refractivity contribution is -0.115. The van der Waals surface area contributed by atoms with Crippen LogP contribution in [0.2, 0.25) is 0 Å². The van der Waals surface area contributed by atoms with Crippen LogP contribution in [0.1, 0.15) is 22.8 Å². The lowest BCUT2D eigenvalue weighted by atomic mass is 10.1. The van der Waals surface area contributed by atoms with Gasteiger partial charge in [0, 0.05) is 11.4 Å². The van der Waals surface area contributed by atoms with E-state index in [1.807, 2.05) is 49.4 Å². The first-order valence-electron chi connectivity index (χ1n) is 10.6. The van der Waals surface area contributed by atoms with Crippen molar-refractivity contribution in [3.05, 3.63) is 83.9 Å². The van der Waals surface area contributed by atoms with Crippen LogP contribution in [0.15, 0.2) is 77.7 Å². The van der Waals surface area contributed by atoms with Gasteiger partial charge in [0.05, 0.1) is 30.7 Å². The molecule has 1 unspecified atom stereocenters. The maximum Gasteiger partial charge on any atom is 0.253 e. The largest absolute Gasteiger partial charge is 0.493 e. The van der Waals surface area contributed by atoms with Gasteiger partial charge in [-0.15, -0.1) is 11.8 Å². The van der Waals surface area contributed by atoms with Gasteiger partial charge in [0.15, 0.2) is 11.5 Å². The fraction of sp³-hybridized carbons (Fsp3) is 0.231.